The van der Waals surface area contributed by atoms with Crippen molar-refractivity contribution in [1.29, 1.82) is 0 Å². The Morgan fingerprint density at radius 2 is 2.16 bits per heavy atom. The molecule has 6 heteroatoms. The molecule has 0 saturated carbocycles. The van der Waals surface area contributed by atoms with Crippen molar-refractivity contribution in [3.05, 3.63) is 35.7 Å². The van der Waals surface area contributed by atoms with E-state index in [0.29, 0.717) is 18.9 Å². The standard InChI is InChI=1S/C13H19N5O/c1-11-5-3-4-6-12(11)19-10-7-13-15-17-18(16-13)9-8-14-2/h3-6,14H,7-10H2,1-2H3. The van der Waals surface area contributed by atoms with Crippen molar-refractivity contribution in [2.75, 3.05) is 20.2 Å². The summed E-state index contributed by atoms with van der Waals surface area (Å²) in [5, 5.41) is 15.3. The van der Waals surface area contributed by atoms with E-state index >= 15 is 0 Å². The Bertz CT molecular complexity index is 511. The zero-order valence-corrected chi connectivity index (χ0v) is 11.3. The number of hydrogen-bond donors (Lipinski definition) is 1. The molecule has 1 aromatic carbocycles. The highest BCUT2D eigenvalue weighted by atomic mass is 16.5. The summed E-state index contributed by atoms with van der Waals surface area (Å²) < 4.78 is 5.70. The number of tetrazole rings is 1. The lowest BCUT2D eigenvalue weighted by molar-refractivity contribution is 0.316. The third kappa shape index (κ3) is 4.03. The molecular weight excluding hydrogens is 242 g/mol. The normalized spacial score (nSPS) is 10.6. The SMILES string of the molecule is CNCCn1nnc(CCOc2ccccc2C)n1. The number of rotatable bonds is 7. The van der Waals surface area contributed by atoms with Crippen molar-refractivity contribution >= 4 is 0 Å². The van der Waals surface area contributed by atoms with E-state index in [0.717, 1.165) is 24.4 Å². The van der Waals surface area contributed by atoms with Crippen LogP contribution in [-0.2, 0) is 13.0 Å². The van der Waals surface area contributed by atoms with E-state index in [1.807, 2.05) is 38.2 Å². The molecule has 6 nitrogen and oxygen atoms in total. The van der Waals surface area contributed by atoms with Crippen molar-refractivity contribution in [2.45, 2.75) is 19.9 Å². The lowest BCUT2D eigenvalue weighted by Gasteiger charge is -2.06. The molecule has 1 heterocycles. The van der Waals surface area contributed by atoms with Crippen LogP contribution in [0.3, 0.4) is 0 Å². The number of para-hydroxylation sites is 1. The Balaban J connectivity index is 1.79. The van der Waals surface area contributed by atoms with Crippen LogP contribution in [0.15, 0.2) is 24.3 Å². The molecule has 19 heavy (non-hydrogen) atoms. The lowest BCUT2D eigenvalue weighted by Crippen LogP contribution is -2.16. The molecule has 0 aliphatic carbocycles. The Morgan fingerprint density at radius 1 is 1.32 bits per heavy atom. The Labute approximate surface area is 112 Å². The van der Waals surface area contributed by atoms with Crippen LogP contribution in [0.1, 0.15) is 11.4 Å². The smallest absolute Gasteiger partial charge is 0.178 e. The van der Waals surface area contributed by atoms with Crippen molar-refractivity contribution < 1.29 is 4.74 Å². The first-order valence-electron chi connectivity index (χ1n) is 6.39. The van der Waals surface area contributed by atoms with Crippen LogP contribution in [0.5, 0.6) is 5.75 Å². The van der Waals surface area contributed by atoms with Gasteiger partial charge in [0.25, 0.3) is 0 Å². The first-order chi connectivity index (χ1) is 9.29. The fourth-order valence-electron chi connectivity index (χ4n) is 1.65. The van der Waals surface area contributed by atoms with Crippen molar-refractivity contribution in [3.63, 3.8) is 0 Å². The second kappa shape index (κ2) is 6.84. The molecule has 0 bridgehead atoms. The van der Waals surface area contributed by atoms with E-state index < -0.39 is 0 Å². The quantitative estimate of drug-likeness (QED) is 0.799. The van der Waals surface area contributed by atoms with Crippen LogP contribution in [0.4, 0.5) is 0 Å². The first kappa shape index (κ1) is 13.5. The summed E-state index contributed by atoms with van der Waals surface area (Å²) in [6.45, 7) is 4.14. The molecule has 0 amide bonds. The summed E-state index contributed by atoms with van der Waals surface area (Å²) in [5.74, 6) is 1.62. The van der Waals surface area contributed by atoms with Gasteiger partial charge in [-0.15, -0.1) is 10.2 Å². The molecule has 1 N–H and O–H groups in total. The molecule has 0 radical (unpaired) electrons. The van der Waals surface area contributed by atoms with Gasteiger partial charge in [-0.3, -0.25) is 0 Å². The maximum atomic E-state index is 5.70. The minimum atomic E-state index is 0.558. The number of benzene rings is 1. The summed E-state index contributed by atoms with van der Waals surface area (Å²) in [5.41, 5.74) is 1.13. The molecule has 0 unspecified atom stereocenters. The van der Waals surface area contributed by atoms with Crippen LogP contribution < -0.4 is 10.1 Å². The molecule has 0 atom stereocenters. The fourth-order valence-corrected chi connectivity index (χ4v) is 1.65. The summed E-state index contributed by atoms with van der Waals surface area (Å²) in [7, 11) is 1.90. The average Bonchev–Trinajstić information content (AvgIpc) is 2.86. The van der Waals surface area contributed by atoms with E-state index in [1.165, 1.54) is 0 Å². The molecule has 2 aromatic rings. The third-order valence-electron chi connectivity index (χ3n) is 2.73. The van der Waals surface area contributed by atoms with E-state index in [2.05, 4.69) is 20.7 Å². The molecular formula is C13H19N5O. The maximum Gasteiger partial charge on any atom is 0.178 e. The van der Waals surface area contributed by atoms with E-state index in [4.69, 9.17) is 4.74 Å². The van der Waals surface area contributed by atoms with Crippen molar-refractivity contribution in [2.24, 2.45) is 0 Å². The minimum absolute atomic E-state index is 0.558. The number of hydrogen-bond acceptors (Lipinski definition) is 5. The monoisotopic (exact) mass is 261 g/mol. The van der Waals surface area contributed by atoms with Crippen LogP contribution in [-0.4, -0.2) is 40.4 Å². The molecule has 1 aromatic heterocycles. The second-order valence-corrected chi connectivity index (χ2v) is 4.27. The lowest BCUT2D eigenvalue weighted by atomic mass is 10.2. The predicted molar refractivity (Wildman–Crippen MR) is 72.1 cm³/mol. The predicted octanol–water partition coefficient (Wildman–Crippen LogP) is 0.822. The van der Waals surface area contributed by atoms with Gasteiger partial charge in [-0.2, -0.15) is 4.80 Å². The van der Waals surface area contributed by atoms with Gasteiger partial charge in [0, 0.05) is 13.0 Å². The summed E-state index contributed by atoms with van der Waals surface area (Å²) in [4.78, 5) is 1.60. The van der Waals surface area contributed by atoms with Crippen LogP contribution in [0.2, 0.25) is 0 Å². The average molecular weight is 261 g/mol. The van der Waals surface area contributed by atoms with Gasteiger partial charge >= 0.3 is 0 Å². The maximum absolute atomic E-state index is 5.70. The van der Waals surface area contributed by atoms with Gasteiger partial charge in [-0.05, 0) is 30.8 Å². The van der Waals surface area contributed by atoms with Crippen LogP contribution in [0.25, 0.3) is 0 Å². The topological polar surface area (TPSA) is 64.9 Å². The second-order valence-electron chi connectivity index (χ2n) is 4.27. The number of nitrogens with zero attached hydrogens (tertiary/aromatic N) is 4. The Morgan fingerprint density at radius 3 is 2.95 bits per heavy atom. The molecule has 0 saturated heterocycles. The van der Waals surface area contributed by atoms with Gasteiger partial charge in [-0.1, -0.05) is 18.2 Å². The van der Waals surface area contributed by atoms with E-state index in [1.54, 1.807) is 4.80 Å². The summed E-state index contributed by atoms with van der Waals surface area (Å²) >= 11 is 0. The van der Waals surface area contributed by atoms with Gasteiger partial charge in [0.15, 0.2) is 5.82 Å². The zero-order chi connectivity index (χ0) is 13.5. The van der Waals surface area contributed by atoms with Gasteiger partial charge in [0.05, 0.1) is 13.2 Å². The summed E-state index contributed by atoms with van der Waals surface area (Å²) in [6, 6.07) is 7.96. The van der Waals surface area contributed by atoms with Crippen LogP contribution in [0, 0.1) is 6.92 Å². The summed E-state index contributed by atoms with van der Waals surface area (Å²) in [6.07, 6.45) is 0.661. The zero-order valence-electron chi connectivity index (χ0n) is 11.3. The Kier molecular flexibility index (Phi) is 4.85. The third-order valence-corrected chi connectivity index (χ3v) is 2.73. The number of aromatic nitrogens is 4. The van der Waals surface area contributed by atoms with Crippen molar-refractivity contribution in [1.82, 2.24) is 25.5 Å². The molecule has 0 aliphatic heterocycles. The van der Waals surface area contributed by atoms with Gasteiger partial charge in [-0.25, -0.2) is 0 Å². The minimum Gasteiger partial charge on any atom is -0.493 e. The molecule has 0 fully saturated rings. The Hall–Kier alpha value is -1.95. The van der Waals surface area contributed by atoms with Gasteiger partial charge in [0.1, 0.15) is 5.75 Å². The molecule has 0 spiro atoms. The molecule has 2 rings (SSSR count). The number of likely N-dealkylation sites (N-methyl/N-ethyl adjacent to an activating group) is 1. The fraction of sp³-hybridized carbons (Fsp3) is 0.462. The highest BCUT2D eigenvalue weighted by Crippen LogP contribution is 2.15. The highest BCUT2D eigenvalue weighted by molar-refractivity contribution is 5.31. The van der Waals surface area contributed by atoms with Gasteiger partial charge in [0.2, 0.25) is 0 Å². The number of ether oxygens (including phenoxy) is 1. The number of nitrogens with one attached hydrogen (secondary N) is 1. The van der Waals surface area contributed by atoms with E-state index in [-0.39, 0.29) is 0 Å². The van der Waals surface area contributed by atoms with Crippen LogP contribution >= 0.6 is 0 Å². The first-order valence-corrected chi connectivity index (χ1v) is 6.39. The highest BCUT2D eigenvalue weighted by Gasteiger charge is 2.03. The number of aryl methyl sites for hydroxylation is 1. The largest absolute Gasteiger partial charge is 0.493 e. The van der Waals surface area contributed by atoms with Crippen molar-refractivity contribution in [3.8, 4) is 5.75 Å². The van der Waals surface area contributed by atoms with E-state index in [9.17, 15) is 0 Å². The van der Waals surface area contributed by atoms with Gasteiger partial charge < -0.3 is 10.1 Å². The molecule has 102 valence electrons. The molecule has 0 aliphatic rings.